The van der Waals surface area contributed by atoms with E-state index in [1.165, 1.54) is 31.4 Å². The predicted molar refractivity (Wildman–Crippen MR) is 98.6 cm³/mol. The van der Waals surface area contributed by atoms with E-state index in [1.807, 2.05) is 0 Å². The van der Waals surface area contributed by atoms with E-state index in [0.717, 1.165) is 0 Å². The molecule has 1 aliphatic rings. The highest BCUT2D eigenvalue weighted by Gasteiger charge is 2.76. The zero-order valence-electron chi connectivity index (χ0n) is 13.7. The van der Waals surface area contributed by atoms with Crippen LogP contribution in [0.15, 0.2) is 53.4 Å². The van der Waals surface area contributed by atoms with E-state index < -0.39 is 32.4 Å². The minimum Gasteiger partial charge on any atom is -0.481 e. The smallest absolute Gasteiger partial charge is 0.314 e. The summed E-state index contributed by atoms with van der Waals surface area (Å²) in [5, 5.41) is 9.59. The molecule has 0 heterocycles. The van der Waals surface area contributed by atoms with Gasteiger partial charge < -0.3 is 9.84 Å². The van der Waals surface area contributed by atoms with E-state index in [0.29, 0.717) is 15.6 Å². The number of rotatable bonds is 6. The second kappa shape index (κ2) is 6.85. The van der Waals surface area contributed by atoms with Gasteiger partial charge in [-0.1, -0.05) is 35.3 Å². The molecule has 1 fully saturated rings. The van der Waals surface area contributed by atoms with Gasteiger partial charge in [-0.3, -0.25) is 4.79 Å². The first kappa shape index (κ1) is 19.2. The lowest BCUT2D eigenvalue weighted by atomic mass is 10.0. The standard InChI is InChI=1S/C18H16Cl2O5S/c1-25-10-18(17(21)22)15(11-2-4-12(19)5-3-11)16(18)26(23,24)14-8-6-13(20)7-9-14/h2-9,15-16H,10H2,1H3,(H,21,22)/t15-,16+,18-/m1/s1. The number of halogens is 2. The van der Waals surface area contributed by atoms with E-state index in [2.05, 4.69) is 0 Å². The molecule has 3 atom stereocenters. The highest BCUT2D eigenvalue weighted by atomic mass is 35.5. The van der Waals surface area contributed by atoms with Crippen molar-refractivity contribution in [3.63, 3.8) is 0 Å². The number of methoxy groups -OCH3 is 1. The van der Waals surface area contributed by atoms with Crippen LogP contribution in [0.4, 0.5) is 0 Å². The molecule has 2 aromatic rings. The summed E-state index contributed by atoms with van der Waals surface area (Å²) in [5.74, 6) is -1.94. The van der Waals surface area contributed by atoms with Gasteiger partial charge in [-0.15, -0.1) is 0 Å². The number of hydrogen-bond donors (Lipinski definition) is 1. The summed E-state index contributed by atoms with van der Waals surface area (Å²) in [4.78, 5) is 12.1. The first-order valence-corrected chi connectivity index (χ1v) is 10.0. The van der Waals surface area contributed by atoms with Gasteiger partial charge in [0.25, 0.3) is 0 Å². The largest absolute Gasteiger partial charge is 0.481 e. The van der Waals surface area contributed by atoms with Crippen LogP contribution in [0.2, 0.25) is 10.0 Å². The Hall–Kier alpha value is -1.60. The van der Waals surface area contributed by atoms with Crippen LogP contribution < -0.4 is 0 Å². The van der Waals surface area contributed by atoms with E-state index in [1.54, 1.807) is 24.3 Å². The first-order valence-electron chi connectivity index (χ1n) is 7.72. The molecule has 0 aliphatic heterocycles. The minimum absolute atomic E-state index is 0.0325. The Morgan fingerprint density at radius 1 is 1.08 bits per heavy atom. The molecule has 1 saturated carbocycles. The van der Waals surface area contributed by atoms with Gasteiger partial charge in [0, 0.05) is 23.1 Å². The quantitative estimate of drug-likeness (QED) is 0.779. The van der Waals surface area contributed by atoms with E-state index in [4.69, 9.17) is 27.9 Å². The molecule has 3 rings (SSSR count). The molecule has 5 nitrogen and oxygen atoms in total. The van der Waals surface area contributed by atoms with Crippen molar-refractivity contribution in [2.75, 3.05) is 13.7 Å². The molecule has 0 aromatic heterocycles. The lowest BCUT2D eigenvalue weighted by Crippen LogP contribution is -2.28. The fourth-order valence-corrected chi connectivity index (χ4v) is 6.11. The zero-order valence-corrected chi connectivity index (χ0v) is 16.1. The van der Waals surface area contributed by atoms with E-state index in [9.17, 15) is 18.3 Å². The highest BCUT2D eigenvalue weighted by molar-refractivity contribution is 7.92. The molecule has 0 amide bonds. The van der Waals surface area contributed by atoms with Crippen molar-refractivity contribution >= 4 is 39.0 Å². The summed E-state index contributed by atoms with van der Waals surface area (Å²) in [6, 6.07) is 12.2. The molecular formula is C18H16Cl2O5S. The molecular weight excluding hydrogens is 399 g/mol. The van der Waals surface area contributed by atoms with Gasteiger partial charge in [0.15, 0.2) is 9.84 Å². The Labute approximate surface area is 161 Å². The fourth-order valence-electron chi connectivity index (χ4n) is 3.50. The molecule has 2 aromatic carbocycles. The van der Waals surface area contributed by atoms with Gasteiger partial charge >= 0.3 is 5.97 Å². The lowest BCUT2D eigenvalue weighted by Gasteiger charge is -2.12. The molecule has 1 aliphatic carbocycles. The Morgan fingerprint density at radius 2 is 1.58 bits per heavy atom. The van der Waals surface area contributed by atoms with Gasteiger partial charge in [0.2, 0.25) is 0 Å². The van der Waals surface area contributed by atoms with Crippen LogP contribution in [0.3, 0.4) is 0 Å². The summed E-state index contributed by atoms with van der Waals surface area (Å²) in [6.45, 7) is -0.215. The maximum Gasteiger partial charge on any atom is 0.314 e. The molecule has 26 heavy (non-hydrogen) atoms. The van der Waals surface area contributed by atoms with Crippen LogP contribution in [0.25, 0.3) is 0 Å². The minimum atomic E-state index is -3.92. The third kappa shape index (κ3) is 3.01. The van der Waals surface area contributed by atoms with Crippen LogP contribution in [-0.4, -0.2) is 38.5 Å². The monoisotopic (exact) mass is 414 g/mol. The van der Waals surface area contributed by atoms with Crippen molar-refractivity contribution in [2.45, 2.75) is 16.1 Å². The number of hydrogen-bond acceptors (Lipinski definition) is 4. The summed E-state index contributed by atoms with van der Waals surface area (Å²) in [7, 11) is -2.56. The van der Waals surface area contributed by atoms with Crippen LogP contribution in [0, 0.1) is 5.41 Å². The summed E-state index contributed by atoms with van der Waals surface area (Å²) >= 11 is 11.7. The van der Waals surface area contributed by atoms with Crippen molar-refractivity contribution in [3.05, 3.63) is 64.1 Å². The molecule has 138 valence electrons. The fraction of sp³-hybridized carbons (Fsp3) is 0.278. The molecule has 0 bridgehead atoms. The average molecular weight is 415 g/mol. The van der Waals surface area contributed by atoms with Crippen LogP contribution in [-0.2, 0) is 19.4 Å². The Balaban J connectivity index is 2.11. The molecule has 0 unspecified atom stereocenters. The normalized spacial score (nSPS) is 25.0. The predicted octanol–water partition coefficient (Wildman–Crippen LogP) is 3.65. The molecule has 8 heteroatoms. The summed E-state index contributed by atoms with van der Waals surface area (Å²) < 4.78 is 31.4. The second-order valence-electron chi connectivity index (χ2n) is 6.23. The zero-order chi connectivity index (χ0) is 19.1. The van der Waals surface area contributed by atoms with Gasteiger partial charge in [-0.2, -0.15) is 0 Å². The second-order valence-corrected chi connectivity index (χ2v) is 9.17. The Morgan fingerprint density at radius 3 is 2.04 bits per heavy atom. The van der Waals surface area contributed by atoms with Gasteiger partial charge in [-0.25, -0.2) is 8.42 Å². The lowest BCUT2D eigenvalue weighted by molar-refractivity contribution is -0.145. The number of sulfone groups is 1. The maximum absolute atomic E-state index is 13.2. The molecule has 0 radical (unpaired) electrons. The maximum atomic E-state index is 13.2. The third-order valence-corrected chi connectivity index (χ3v) is 7.54. The summed E-state index contributed by atoms with van der Waals surface area (Å²) in [6.07, 6.45) is 0. The number of carboxylic acids is 1. The van der Waals surface area contributed by atoms with Gasteiger partial charge in [0.1, 0.15) is 5.41 Å². The summed E-state index contributed by atoms with van der Waals surface area (Å²) in [5.41, 5.74) is -0.961. The third-order valence-electron chi connectivity index (χ3n) is 4.74. The van der Waals surface area contributed by atoms with E-state index >= 15 is 0 Å². The van der Waals surface area contributed by atoms with Crippen LogP contribution >= 0.6 is 23.2 Å². The van der Waals surface area contributed by atoms with Crippen molar-refractivity contribution in [1.82, 2.24) is 0 Å². The van der Waals surface area contributed by atoms with Crippen LogP contribution in [0.5, 0.6) is 0 Å². The average Bonchev–Trinajstić information content (AvgIpc) is 3.27. The first-order chi connectivity index (χ1) is 12.2. The van der Waals surface area contributed by atoms with Crippen molar-refractivity contribution in [3.8, 4) is 0 Å². The number of carbonyl (C=O) groups is 1. The SMILES string of the molecule is COC[C@@]1(C(=O)O)[C@H](c2ccc(Cl)cc2)[C@@H]1S(=O)(=O)c1ccc(Cl)cc1. The van der Waals surface area contributed by atoms with Gasteiger partial charge in [-0.05, 0) is 42.0 Å². The number of carboxylic acid groups (broad SMARTS) is 1. The Kier molecular flexibility index (Phi) is 5.05. The van der Waals surface area contributed by atoms with Crippen molar-refractivity contribution < 1.29 is 23.1 Å². The van der Waals surface area contributed by atoms with Crippen molar-refractivity contribution in [2.24, 2.45) is 5.41 Å². The van der Waals surface area contributed by atoms with Crippen LogP contribution in [0.1, 0.15) is 11.5 Å². The number of aliphatic carboxylic acids is 1. The topological polar surface area (TPSA) is 80.7 Å². The molecule has 0 saturated heterocycles. The van der Waals surface area contributed by atoms with Crippen molar-refractivity contribution in [1.29, 1.82) is 0 Å². The highest BCUT2D eigenvalue weighted by Crippen LogP contribution is 2.64. The van der Waals surface area contributed by atoms with Gasteiger partial charge in [0.05, 0.1) is 16.8 Å². The molecule has 0 spiro atoms. The van der Waals surface area contributed by atoms with E-state index in [-0.39, 0.29) is 11.5 Å². The number of benzene rings is 2. The Bertz CT molecular complexity index is 925. The number of ether oxygens (including phenoxy) is 1. The molecule has 1 N–H and O–H groups in total.